The van der Waals surface area contributed by atoms with Crippen molar-refractivity contribution in [2.45, 2.75) is 13.0 Å². The van der Waals surface area contributed by atoms with Crippen LogP contribution in [0.2, 0.25) is 0 Å². The molecule has 0 aromatic heterocycles. The fourth-order valence-corrected chi connectivity index (χ4v) is 2.64. The molecule has 0 unspecified atom stereocenters. The maximum atomic E-state index is 2.39. The van der Waals surface area contributed by atoms with Gasteiger partial charge in [-0.05, 0) is 35.7 Å². The monoisotopic (exact) mass is 223 g/mol. The molecule has 0 fully saturated rings. The Hall–Kier alpha value is -1.60. The predicted molar refractivity (Wildman–Crippen MR) is 71.9 cm³/mol. The third-order valence-corrected chi connectivity index (χ3v) is 3.54. The number of likely N-dealkylation sites (N-methyl/N-ethyl adjacent to an activating group) is 1. The van der Waals surface area contributed by atoms with Crippen LogP contribution in [-0.4, -0.2) is 18.5 Å². The van der Waals surface area contributed by atoms with Crippen molar-refractivity contribution in [1.82, 2.24) is 4.90 Å². The normalized spacial score (nSPS) is 15.6. The molecule has 0 atom stereocenters. The average molecular weight is 223 g/mol. The SMILES string of the molecule is CN1CCc2c(cccc2-c2ccccc2)C1. The van der Waals surface area contributed by atoms with Crippen molar-refractivity contribution in [3.8, 4) is 11.1 Å². The van der Waals surface area contributed by atoms with E-state index >= 15 is 0 Å². The summed E-state index contributed by atoms with van der Waals surface area (Å²) in [6.07, 6.45) is 1.16. The number of nitrogens with zero attached hydrogens (tertiary/aromatic N) is 1. The maximum Gasteiger partial charge on any atom is 0.0233 e. The second-order valence-corrected chi connectivity index (χ2v) is 4.80. The van der Waals surface area contributed by atoms with Crippen LogP contribution in [0.25, 0.3) is 11.1 Å². The van der Waals surface area contributed by atoms with Crippen LogP contribution in [0.4, 0.5) is 0 Å². The highest BCUT2D eigenvalue weighted by molar-refractivity contribution is 5.69. The molecular formula is C16H17N. The molecule has 86 valence electrons. The van der Waals surface area contributed by atoms with E-state index < -0.39 is 0 Å². The Morgan fingerprint density at radius 3 is 2.59 bits per heavy atom. The molecular weight excluding hydrogens is 206 g/mol. The van der Waals surface area contributed by atoms with Crippen molar-refractivity contribution in [2.75, 3.05) is 13.6 Å². The molecule has 0 saturated carbocycles. The summed E-state index contributed by atoms with van der Waals surface area (Å²) in [6, 6.07) is 17.4. The van der Waals surface area contributed by atoms with Crippen molar-refractivity contribution in [3.63, 3.8) is 0 Å². The summed E-state index contributed by atoms with van der Waals surface area (Å²) in [7, 11) is 2.19. The second-order valence-electron chi connectivity index (χ2n) is 4.80. The molecule has 0 spiro atoms. The average Bonchev–Trinajstić information content (AvgIpc) is 2.39. The number of rotatable bonds is 1. The quantitative estimate of drug-likeness (QED) is 0.716. The van der Waals surface area contributed by atoms with E-state index in [0.717, 1.165) is 19.5 Å². The Morgan fingerprint density at radius 1 is 0.941 bits per heavy atom. The van der Waals surface area contributed by atoms with Crippen LogP contribution in [0.15, 0.2) is 48.5 Å². The lowest BCUT2D eigenvalue weighted by Gasteiger charge is -2.26. The lowest BCUT2D eigenvalue weighted by Crippen LogP contribution is -2.26. The van der Waals surface area contributed by atoms with Gasteiger partial charge >= 0.3 is 0 Å². The van der Waals surface area contributed by atoms with E-state index in [0.29, 0.717) is 0 Å². The van der Waals surface area contributed by atoms with Crippen molar-refractivity contribution in [2.24, 2.45) is 0 Å². The zero-order valence-corrected chi connectivity index (χ0v) is 10.2. The van der Waals surface area contributed by atoms with Gasteiger partial charge in [-0.15, -0.1) is 0 Å². The first kappa shape index (κ1) is 10.5. The van der Waals surface area contributed by atoms with E-state index in [1.807, 2.05) is 0 Å². The molecule has 2 aromatic rings. The van der Waals surface area contributed by atoms with Gasteiger partial charge in [0.05, 0.1) is 0 Å². The Kier molecular flexibility index (Phi) is 2.69. The van der Waals surface area contributed by atoms with Crippen LogP contribution in [0.1, 0.15) is 11.1 Å². The second kappa shape index (κ2) is 4.34. The van der Waals surface area contributed by atoms with Crippen LogP contribution < -0.4 is 0 Å². The summed E-state index contributed by atoms with van der Waals surface area (Å²) in [6.45, 7) is 2.24. The van der Waals surface area contributed by atoms with Gasteiger partial charge < -0.3 is 4.90 Å². The molecule has 17 heavy (non-hydrogen) atoms. The predicted octanol–water partition coefficient (Wildman–Crippen LogP) is 3.34. The fourth-order valence-electron chi connectivity index (χ4n) is 2.64. The summed E-state index contributed by atoms with van der Waals surface area (Å²) in [5, 5.41) is 0. The standard InChI is InChI=1S/C16H17N/c1-17-11-10-16-14(12-17)8-5-9-15(16)13-6-3-2-4-7-13/h2-9H,10-12H2,1H3. The van der Waals surface area contributed by atoms with E-state index in [1.165, 1.54) is 22.3 Å². The van der Waals surface area contributed by atoms with Crippen LogP contribution in [0, 0.1) is 0 Å². The van der Waals surface area contributed by atoms with Crippen molar-refractivity contribution >= 4 is 0 Å². The molecule has 0 N–H and O–H groups in total. The first-order valence-corrected chi connectivity index (χ1v) is 6.19. The first-order valence-electron chi connectivity index (χ1n) is 6.19. The zero-order chi connectivity index (χ0) is 11.7. The summed E-state index contributed by atoms with van der Waals surface area (Å²) in [5.74, 6) is 0. The largest absolute Gasteiger partial charge is 0.302 e. The summed E-state index contributed by atoms with van der Waals surface area (Å²) < 4.78 is 0. The molecule has 2 aromatic carbocycles. The molecule has 3 rings (SSSR count). The third kappa shape index (κ3) is 1.98. The van der Waals surface area contributed by atoms with Crippen LogP contribution in [0.5, 0.6) is 0 Å². The molecule has 0 aliphatic carbocycles. The molecule has 0 bridgehead atoms. The Morgan fingerprint density at radius 2 is 1.76 bits per heavy atom. The van der Waals surface area contributed by atoms with E-state index in [9.17, 15) is 0 Å². The fraction of sp³-hybridized carbons (Fsp3) is 0.250. The third-order valence-electron chi connectivity index (χ3n) is 3.54. The van der Waals surface area contributed by atoms with Gasteiger partial charge in [0, 0.05) is 13.1 Å². The lowest BCUT2D eigenvalue weighted by atomic mass is 9.91. The van der Waals surface area contributed by atoms with Crippen molar-refractivity contribution in [3.05, 3.63) is 59.7 Å². The minimum Gasteiger partial charge on any atom is -0.302 e. The van der Waals surface area contributed by atoms with Gasteiger partial charge in [0.1, 0.15) is 0 Å². The molecule has 1 aliphatic heterocycles. The molecule has 1 nitrogen and oxygen atoms in total. The summed E-state index contributed by atoms with van der Waals surface area (Å²) >= 11 is 0. The van der Waals surface area contributed by atoms with Gasteiger partial charge in [-0.2, -0.15) is 0 Å². The molecule has 1 heterocycles. The Balaban J connectivity index is 2.10. The van der Waals surface area contributed by atoms with Gasteiger partial charge in [0.2, 0.25) is 0 Å². The lowest BCUT2D eigenvalue weighted by molar-refractivity contribution is 0.313. The Bertz CT molecular complexity index is 516. The first-order chi connectivity index (χ1) is 8.34. The minimum absolute atomic E-state index is 1.08. The number of hydrogen-bond donors (Lipinski definition) is 0. The highest BCUT2D eigenvalue weighted by Gasteiger charge is 2.16. The molecule has 0 radical (unpaired) electrons. The topological polar surface area (TPSA) is 3.24 Å². The van der Waals surface area contributed by atoms with Gasteiger partial charge in [-0.25, -0.2) is 0 Å². The van der Waals surface area contributed by atoms with E-state index in [-0.39, 0.29) is 0 Å². The van der Waals surface area contributed by atoms with Crippen LogP contribution in [-0.2, 0) is 13.0 Å². The minimum atomic E-state index is 1.08. The number of hydrogen-bond acceptors (Lipinski definition) is 1. The van der Waals surface area contributed by atoms with Crippen LogP contribution in [0.3, 0.4) is 0 Å². The van der Waals surface area contributed by atoms with Crippen LogP contribution >= 0.6 is 0 Å². The van der Waals surface area contributed by atoms with E-state index in [1.54, 1.807) is 0 Å². The van der Waals surface area contributed by atoms with Crippen molar-refractivity contribution in [1.29, 1.82) is 0 Å². The van der Waals surface area contributed by atoms with Gasteiger partial charge in [-0.1, -0.05) is 48.5 Å². The smallest absolute Gasteiger partial charge is 0.0233 e. The highest BCUT2D eigenvalue weighted by atomic mass is 15.1. The van der Waals surface area contributed by atoms with E-state index in [2.05, 4.69) is 60.5 Å². The van der Waals surface area contributed by atoms with Crippen molar-refractivity contribution < 1.29 is 0 Å². The van der Waals surface area contributed by atoms with E-state index in [4.69, 9.17) is 0 Å². The molecule has 1 heteroatoms. The van der Waals surface area contributed by atoms with Gasteiger partial charge in [0.15, 0.2) is 0 Å². The number of benzene rings is 2. The maximum absolute atomic E-state index is 2.39. The molecule has 1 aliphatic rings. The number of fused-ring (bicyclic) bond motifs is 1. The summed E-state index contributed by atoms with van der Waals surface area (Å²) in [4.78, 5) is 2.39. The Labute approximate surface area is 103 Å². The zero-order valence-electron chi connectivity index (χ0n) is 10.2. The highest BCUT2D eigenvalue weighted by Crippen LogP contribution is 2.29. The molecule has 0 amide bonds. The molecule has 0 saturated heterocycles. The van der Waals surface area contributed by atoms with Gasteiger partial charge in [0.25, 0.3) is 0 Å². The summed E-state index contributed by atoms with van der Waals surface area (Å²) in [5.41, 5.74) is 5.78. The van der Waals surface area contributed by atoms with Gasteiger partial charge in [-0.3, -0.25) is 0 Å².